The van der Waals surface area contributed by atoms with Crippen LogP contribution in [0.25, 0.3) is 67.2 Å². The summed E-state index contributed by atoms with van der Waals surface area (Å²) in [6.45, 7) is 0. The Labute approximate surface area is 333 Å². The molecule has 0 amide bonds. The first-order chi connectivity index (χ1) is 27.8. The predicted molar refractivity (Wildman–Crippen MR) is 237 cm³/mol. The molecule has 4 heteroatoms. The Morgan fingerprint density at radius 2 is 0.768 bits per heavy atom. The van der Waals surface area contributed by atoms with Crippen molar-refractivity contribution in [3.63, 3.8) is 0 Å². The van der Waals surface area contributed by atoms with Crippen molar-refractivity contribution in [1.29, 1.82) is 0 Å². The number of rotatable bonds is 9. The normalized spacial score (nSPS) is 16.9. The highest BCUT2D eigenvalue weighted by atomic mass is 28.3. The molecule has 1 aromatic heterocycles. The Hall–Kier alpha value is -5.19. The third kappa shape index (κ3) is 6.42. The number of aromatic nitrogens is 3. The van der Waals surface area contributed by atoms with Gasteiger partial charge in [0.2, 0.25) is 0 Å². The lowest BCUT2D eigenvalue weighted by molar-refractivity contribution is 0.688. The largest absolute Gasteiger partial charge is 0.208 e. The zero-order valence-electron chi connectivity index (χ0n) is 32.4. The number of hydrogen-bond donors (Lipinski definition) is 0. The van der Waals surface area contributed by atoms with Crippen LogP contribution < -0.4 is 5.19 Å². The fourth-order valence-electron chi connectivity index (χ4n) is 11.4. The topological polar surface area (TPSA) is 38.7 Å². The Morgan fingerprint density at radius 3 is 1.30 bits per heavy atom. The molecule has 0 N–H and O–H groups in total. The zero-order chi connectivity index (χ0) is 37.3. The molecule has 0 atom stereocenters. The molecule has 0 spiro atoms. The van der Waals surface area contributed by atoms with Crippen LogP contribution in [-0.4, -0.2) is 23.0 Å². The molecule has 278 valence electrons. The van der Waals surface area contributed by atoms with Crippen molar-refractivity contribution < 1.29 is 0 Å². The van der Waals surface area contributed by atoms with Crippen molar-refractivity contribution in [1.82, 2.24) is 15.0 Å². The maximum Gasteiger partial charge on any atom is 0.164 e. The van der Waals surface area contributed by atoms with Crippen LogP contribution in [0.15, 0.2) is 146 Å². The number of hydrogen-bond acceptors (Lipinski definition) is 3. The van der Waals surface area contributed by atoms with Crippen LogP contribution in [0.5, 0.6) is 0 Å². The van der Waals surface area contributed by atoms with Gasteiger partial charge in [-0.3, -0.25) is 0 Å². The van der Waals surface area contributed by atoms with Gasteiger partial charge in [-0.25, -0.2) is 15.0 Å². The maximum atomic E-state index is 5.09. The molecule has 0 bridgehead atoms. The molecule has 6 aromatic carbocycles. The molecule has 10 rings (SSSR count). The molecule has 3 aliphatic carbocycles. The molecule has 3 nitrogen and oxygen atoms in total. The van der Waals surface area contributed by atoms with E-state index in [9.17, 15) is 0 Å². The van der Waals surface area contributed by atoms with Crippen molar-refractivity contribution in [3.8, 4) is 56.4 Å². The molecule has 56 heavy (non-hydrogen) atoms. The molecular formula is C52H51N3Si. The monoisotopic (exact) mass is 745 g/mol. The van der Waals surface area contributed by atoms with Gasteiger partial charge in [0.15, 0.2) is 17.5 Å². The van der Waals surface area contributed by atoms with Gasteiger partial charge in [-0.05, 0) is 61.8 Å². The van der Waals surface area contributed by atoms with Gasteiger partial charge in [0.25, 0.3) is 0 Å². The molecule has 0 radical (unpaired) electrons. The van der Waals surface area contributed by atoms with Crippen molar-refractivity contribution in [2.24, 2.45) is 0 Å². The first-order valence-corrected chi connectivity index (χ1v) is 23.6. The van der Waals surface area contributed by atoms with E-state index in [1.165, 1.54) is 105 Å². The van der Waals surface area contributed by atoms with Crippen LogP contribution >= 0.6 is 0 Å². The Balaban J connectivity index is 1.03. The minimum atomic E-state index is -1.68. The van der Waals surface area contributed by atoms with Crippen molar-refractivity contribution >= 4 is 24.0 Å². The number of fused-ring (bicyclic) bond motifs is 1. The van der Waals surface area contributed by atoms with Gasteiger partial charge >= 0.3 is 0 Å². The summed E-state index contributed by atoms with van der Waals surface area (Å²) < 4.78 is 0. The molecule has 1 heterocycles. The predicted octanol–water partition coefficient (Wildman–Crippen LogP) is 13.8. The van der Waals surface area contributed by atoms with Crippen LogP contribution in [0.3, 0.4) is 0 Å². The summed E-state index contributed by atoms with van der Waals surface area (Å²) in [5.74, 6) is 2.04. The maximum absolute atomic E-state index is 5.09. The van der Waals surface area contributed by atoms with E-state index < -0.39 is 8.07 Å². The van der Waals surface area contributed by atoms with E-state index in [4.69, 9.17) is 15.0 Å². The van der Waals surface area contributed by atoms with E-state index in [1.54, 1.807) is 5.19 Å². The first kappa shape index (κ1) is 35.2. The summed E-state index contributed by atoms with van der Waals surface area (Å²) >= 11 is 0. The Kier molecular flexibility index (Phi) is 9.68. The van der Waals surface area contributed by atoms with Gasteiger partial charge in [-0.2, -0.15) is 0 Å². The van der Waals surface area contributed by atoms with E-state index in [1.807, 2.05) is 36.4 Å². The fourth-order valence-corrected chi connectivity index (χ4v) is 19.7. The van der Waals surface area contributed by atoms with Crippen molar-refractivity contribution in [2.45, 2.75) is 93.7 Å². The lowest BCUT2D eigenvalue weighted by atomic mass is 9.93. The van der Waals surface area contributed by atoms with Gasteiger partial charge in [0, 0.05) is 16.7 Å². The van der Waals surface area contributed by atoms with Crippen molar-refractivity contribution in [2.75, 3.05) is 0 Å². The van der Waals surface area contributed by atoms with Crippen molar-refractivity contribution in [3.05, 3.63) is 146 Å². The number of nitrogens with zero attached hydrogens (tertiary/aromatic N) is 3. The summed E-state index contributed by atoms with van der Waals surface area (Å²) in [4.78, 5) is 15.1. The highest BCUT2D eigenvalue weighted by Crippen LogP contribution is 2.58. The van der Waals surface area contributed by atoms with E-state index in [0.717, 1.165) is 38.7 Å². The summed E-state index contributed by atoms with van der Waals surface area (Å²) in [5, 5.41) is 4.13. The minimum absolute atomic E-state index is 0.677. The highest BCUT2D eigenvalue weighted by Gasteiger charge is 2.55. The molecule has 0 aliphatic heterocycles. The summed E-state index contributed by atoms with van der Waals surface area (Å²) in [6, 6.07) is 53.1. The van der Waals surface area contributed by atoms with Crippen LogP contribution in [0.1, 0.15) is 77.0 Å². The van der Waals surface area contributed by atoms with Gasteiger partial charge in [-0.15, -0.1) is 0 Å². The second kappa shape index (κ2) is 15.4. The van der Waals surface area contributed by atoms with Crippen LogP contribution in [0, 0.1) is 0 Å². The molecule has 3 saturated carbocycles. The zero-order valence-corrected chi connectivity index (χ0v) is 33.4. The van der Waals surface area contributed by atoms with Crippen LogP contribution in [0.2, 0.25) is 16.6 Å². The van der Waals surface area contributed by atoms with Gasteiger partial charge in [0.1, 0.15) is 0 Å². The lowest BCUT2D eigenvalue weighted by Crippen LogP contribution is -2.57. The van der Waals surface area contributed by atoms with Crippen LogP contribution in [-0.2, 0) is 0 Å². The van der Waals surface area contributed by atoms with E-state index in [-0.39, 0.29) is 0 Å². The van der Waals surface area contributed by atoms with Gasteiger partial charge < -0.3 is 0 Å². The van der Waals surface area contributed by atoms with E-state index >= 15 is 0 Å². The second-order valence-corrected chi connectivity index (χ2v) is 21.7. The minimum Gasteiger partial charge on any atom is -0.208 e. The Morgan fingerprint density at radius 1 is 0.339 bits per heavy atom. The van der Waals surface area contributed by atoms with E-state index in [2.05, 4.69) is 109 Å². The average Bonchev–Trinajstić information content (AvgIpc) is 4.12. The summed E-state index contributed by atoms with van der Waals surface area (Å²) in [6.07, 6.45) is 17.7. The second-order valence-electron chi connectivity index (χ2n) is 16.8. The molecule has 3 aliphatic rings. The first-order valence-electron chi connectivity index (χ1n) is 21.4. The average molecular weight is 746 g/mol. The lowest BCUT2D eigenvalue weighted by Gasteiger charge is -2.47. The quantitative estimate of drug-likeness (QED) is 0.138. The van der Waals surface area contributed by atoms with Gasteiger partial charge in [0.05, 0.1) is 8.07 Å². The molecule has 0 unspecified atom stereocenters. The molecular weight excluding hydrogens is 695 g/mol. The van der Waals surface area contributed by atoms with Gasteiger partial charge in [-0.1, -0.05) is 216 Å². The molecule has 0 saturated heterocycles. The van der Waals surface area contributed by atoms with Crippen LogP contribution in [0.4, 0.5) is 0 Å². The third-order valence-electron chi connectivity index (χ3n) is 13.8. The SMILES string of the molecule is c1ccc(-c2nc(-c3ccccc3)nc(-c3ccc(-c4cccc(-c5ccc([Si](C6CCCC6)(C6CCCC6)C6CCCC6)cc5)c4)c4ccccc34)n2)cc1. The van der Waals surface area contributed by atoms with E-state index in [0.29, 0.717) is 17.5 Å². The smallest absolute Gasteiger partial charge is 0.164 e. The highest BCUT2D eigenvalue weighted by molar-refractivity contribution is 6.95. The Bertz CT molecular complexity index is 2340. The fraction of sp³-hybridized carbons (Fsp3) is 0.288. The third-order valence-corrected chi connectivity index (χ3v) is 21.0. The number of benzene rings is 6. The standard InChI is InChI=1S/C52H51N3Si/c1-3-16-38(17-4-1)50-53-51(39-18-5-2-6-19-39)55-52(54-50)49-35-34-46(47-28-13-14-29-48(47)49)41-21-15-20-40(36-41)37-30-32-45(33-31-37)56(42-22-7-8-23-42,43-24-9-10-25-43)44-26-11-12-27-44/h1-6,13-21,28-36,42-44H,7-12,22-27H2. The molecule has 3 fully saturated rings. The molecule has 7 aromatic rings. The summed E-state index contributed by atoms with van der Waals surface area (Å²) in [7, 11) is -1.68. The summed E-state index contributed by atoms with van der Waals surface area (Å²) in [5.41, 5.74) is 11.0.